The molecule has 4 nitrogen and oxygen atoms in total. The molecule has 0 saturated heterocycles. The molecule has 5 heteroatoms. The molecule has 114 valence electrons. The van der Waals surface area contributed by atoms with Gasteiger partial charge in [-0.3, -0.25) is 0 Å². The van der Waals surface area contributed by atoms with Crippen LogP contribution in [0.2, 0.25) is 0 Å². The van der Waals surface area contributed by atoms with Crippen LogP contribution in [0.4, 0.5) is 5.69 Å². The zero-order valence-corrected chi connectivity index (χ0v) is 13.5. The number of rotatable bonds is 2. The summed E-state index contributed by atoms with van der Waals surface area (Å²) >= 11 is 1.40. The number of fused-ring (bicyclic) bond motifs is 2. The standard InChI is InChI=1S/C18H16N4S/c19-9-16-17(20)14-8-13-11-22(10-12-4-2-1-3-5-12)7-6-15(13)21-18(14)23-16/h1-5,8H,6-7,10-11,20H2/p+1. The molecule has 1 aliphatic rings. The second-order valence-corrected chi connectivity index (χ2v) is 6.99. The molecule has 1 atom stereocenters. The first-order chi connectivity index (χ1) is 11.2. The monoisotopic (exact) mass is 321 g/mol. The summed E-state index contributed by atoms with van der Waals surface area (Å²) in [4.78, 5) is 7.77. The van der Waals surface area contributed by atoms with Crippen molar-refractivity contribution in [3.05, 3.63) is 58.1 Å². The van der Waals surface area contributed by atoms with Gasteiger partial charge in [0.25, 0.3) is 0 Å². The number of nitrogens with zero attached hydrogens (tertiary/aromatic N) is 2. The Hall–Kier alpha value is -2.42. The van der Waals surface area contributed by atoms with Gasteiger partial charge in [0, 0.05) is 22.9 Å². The minimum absolute atomic E-state index is 0.573. The number of quaternary nitrogens is 1. The van der Waals surface area contributed by atoms with E-state index < -0.39 is 0 Å². The molecule has 1 aromatic carbocycles. The van der Waals surface area contributed by atoms with Crippen molar-refractivity contribution in [1.82, 2.24) is 4.98 Å². The lowest BCUT2D eigenvalue weighted by molar-refractivity contribution is -0.929. The number of aromatic nitrogens is 1. The van der Waals surface area contributed by atoms with Gasteiger partial charge in [-0.15, -0.1) is 11.3 Å². The Bertz CT molecular complexity index is 908. The van der Waals surface area contributed by atoms with Crippen LogP contribution in [-0.4, -0.2) is 11.5 Å². The van der Waals surface area contributed by atoms with Gasteiger partial charge in [0.1, 0.15) is 28.9 Å². The van der Waals surface area contributed by atoms with E-state index in [1.807, 2.05) is 0 Å². The molecule has 4 rings (SSSR count). The Balaban J connectivity index is 1.65. The molecule has 3 N–H and O–H groups in total. The van der Waals surface area contributed by atoms with Gasteiger partial charge < -0.3 is 10.6 Å². The van der Waals surface area contributed by atoms with Gasteiger partial charge in [-0.25, -0.2) is 4.98 Å². The second-order valence-electron chi connectivity index (χ2n) is 5.99. The summed E-state index contributed by atoms with van der Waals surface area (Å²) in [5.74, 6) is 0. The summed E-state index contributed by atoms with van der Waals surface area (Å²) in [7, 11) is 0. The van der Waals surface area contributed by atoms with Crippen molar-refractivity contribution in [3.63, 3.8) is 0 Å². The lowest BCUT2D eigenvalue weighted by Crippen LogP contribution is -3.10. The summed E-state index contributed by atoms with van der Waals surface area (Å²) in [5.41, 5.74) is 10.5. The first-order valence-corrected chi connectivity index (χ1v) is 8.54. The van der Waals surface area contributed by atoms with Crippen molar-refractivity contribution in [2.75, 3.05) is 12.3 Å². The highest BCUT2D eigenvalue weighted by atomic mass is 32.1. The van der Waals surface area contributed by atoms with E-state index in [-0.39, 0.29) is 0 Å². The number of hydrogen-bond donors (Lipinski definition) is 2. The van der Waals surface area contributed by atoms with Gasteiger partial charge >= 0.3 is 0 Å². The average Bonchev–Trinajstić information content (AvgIpc) is 2.89. The molecule has 0 spiro atoms. The van der Waals surface area contributed by atoms with Crippen molar-refractivity contribution >= 4 is 27.2 Å². The molecule has 23 heavy (non-hydrogen) atoms. The molecule has 3 aromatic rings. The van der Waals surface area contributed by atoms with Gasteiger partial charge in [-0.05, 0) is 6.07 Å². The number of anilines is 1. The van der Waals surface area contributed by atoms with Crippen LogP contribution < -0.4 is 10.6 Å². The predicted octanol–water partition coefficient (Wildman–Crippen LogP) is 1.89. The third kappa shape index (κ3) is 2.56. The zero-order chi connectivity index (χ0) is 15.8. The number of benzene rings is 1. The van der Waals surface area contributed by atoms with E-state index in [2.05, 4.69) is 42.5 Å². The molecule has 0 bridgehead atoms. The largest absolute Gasteiger partial charge is 0.396 e. The maximum atomic E-state index is 9.14. The van der Waals surface area contributed by atoms with Gasteiger partial charge in [0.15, 0.2) is 0 Å². The maximum absolute atomic E-state index is 9.14. The van der Waals surface area contributed by atoms with Gasteiger partial charge in [0.2, 0.25) is 0 Å². The minimum Gasteiger partial charge on any atom is -0.396 e. The van der Waals surface area contributed by atoms with Crippen molar-refractivity contribution in [3.8, 4) is 6.07 Å². The van der Waals surface area contributed by atoms with E-state index in [1.165, 1.54) is 28.2 Å². The molecule has 1 unspecified atom stereocenters. The highest BCUT2D eigenvalue weighted by Gasteiger charge is 2.23. The van der Waals surface area contributed by atoms with Crippen molar-refractivity contribution < 1.29 is 4.90 Å². The number of nitrogens with two attached hydrogens (primary N) is 1. The third-order valence-electron chi connectivity index (χ3n) is 4.44. The molecular weight excluding hydrogens is 304 g/mol. The van der Waals surface area contributed by atoms with E-state index in [9.17, 15) is 0 Å². The van der Waals surface area contributed by atoms with E-state index >= 15 is 0 Å². The van der Waals surface area contributed by atoms with Crippen LogP contribution in [0.1, 0.15) is 21.7 Å². The number of nitrogen functional groups attached to an aromatic ring is 1. The van der Waals surface area contributed by atoms with Crippen LogP contribution in [0, 0.1) is 11.3 Å². The van der Waals surface area contributed by atoms with Crippen LogP contribution in [0.25, 0.3) is 10.2 Å². The number of hydrogen-bond acceptors (Lipinski definition) is 4. The number of thiophene rings is 1. The lowest BCUT2D eigenvalue weighted by atomic mass is 10.0. The molecule has 0 aliphatic carbocycles. The molecule has 0 amide bonds. The molecule has 3 heterocycles. The van der Waals surface area contributed by atoms with Gasteiger partial charge in [-0.2, -0.15) is 5.26 Å². The zero-order valence-electron chi connectivity index (χ0n) is 12.7. The number of nitrogens with one attached hydrogen (secondary N) is 1. The van der Waals surface area contributed by atoms with E-state index in [1.54, 1.807) is 4.90 Å². The van der Waals surface area contributed by atoms with Crippen LogP contribution in [-0.2, 0) is 19.5 Å². The molecule has 0 saturated carbocycles. The van der Waals surface area contributed by atoms with Crippen LogP contribution in [0.15, 0.2) is 36.4 Å². The lowest BCUT2D eigenvalue weighted by Gasteiger charge is -2.25. The van der Waals surface area contributed by atoms with E-state index in [4.69, 9.17) is 16.0 Å². The first kappa shape index (κ1) is 14.2. The highest BCUT2D eigenvalue weighted by molar-refractivity contribution is 7.19. The Labute approximate surface area is 138 Å². The summed E-state index contributed by atoms with van der Waals surface area (Å²) in [6, 6.07) is 14.9. The normalized spacial score (nSPS) is 16.9. The Kier molecular flexibility index (Phi) is 3.49. The van der Waals surface area contributed by atoms with E-state index in [0.717, 1.165) is 36.3 Å². The predicted molar refractivity (Wildman–Crippen MR) is 92.1 cm³/mol. The summed E-state index contributed by atoms with van der Waals surface area (Å²) in [6.45, 7) is 3.08. The van der Waals surface area contributed by atoms with Crippen LogP contribution in [0.3, 0.4) is 0 Å². The summed E-state index contributed by atoms with van der Waals surface area (Å²) in [5, 5.41) is 10.1. The minimum atomic E-state index is 0.573. The molecule has 0 fully saturated rings. The molecule has 1 aliphatic heterocycles. The van der Waals surface area contributed by atoms with Crippen LogP contribution >= 0.6 is 11.3 Å². The van der Waals surface area contributed by atoms with Crippen molar-refractivity contribution in [2.24, 2.45) is 0 Å². The van der Waals surface area contributed by atoms with Gasteiger partial charge in [0.05, 0.1) is 17.9 Å². The SMILES string of the molecule is N#Cc1sc2nc3c(cc2c1N)C[NH+](Cc1ccccc1)CC3. The van der Waals surface area contributed by atoms with E-state index in [0.29, 0.717) is 10.6 Å². The fourth-order valence-electron chi connectivity index (χ4n) is 3.26. The first-order valence-electron chi connectivity index (χ1n) is 7.73. The van der Waals surface area contributed by atoms with Crippen molar-refractivity contribution in [2.45, 2.75) is 19.5 Å². The fraction of sp³-hybridized carbons (Fsp3) is 0.222. The quantitative estimate of drug-likeness (QED) is 0.757. The van der Waals surface area contributed by atoms with Gasteiger partial charge in [-0.1, -0.05) is 30.3 Å². The average molecular weight is 321 g/mol. The molecule has 0 radical (unpaired) electrons. The van der Waals surface area contributed by atoms with Crippen molar-refractivity contribution in [1.29, 1.82) is 5.26 Å². The number of pyridine rings is 1. The molecular formula is C18H17N4S+. The van der Waals surface area contributed by atoms with Crippen LogP contribution in [0.5, 0.6) is 0 Å². The number of nitriles is 1. The molecule has 2 aromatic heterocycles. The topological polar surface area (TPSA) is 67.1 Å². The summed E-state index contributed by atoms with van der Waals surface area (Å²) in [6.07, 6.45) is 0.979. The Morgan fingerprint density at radius 1 is 1.30 bits per heavy atom. The second kappa shape index (κ2) is 5.65. The fourth-order valence-corrected chi connectivity index (χ4v) is 4.15. The third-order valence-corrected chi connectivity index (χ3v) is 5.46. The highest BCUT2D eigenvalue weighted by Crippen LogP contribution is 2.33. The Morgan fingerprint density at radius 2 is 2.13 bits per heavy atom. The Morgan fingerprint density at radius 3 is 2.91 bits per heavy atom. The summed E-state index contributed by atoms with van der Waals surface area (Å²) < 4.78 is 0. The maximum Gasteiger partial charge on any atom is 0.130 e. The smallest absolute Gasteiger partial charge is 0.130 e.